The molecule has 0 N–H and O–H groups in total. The molecule has 0 aliphatic heterocycles. The molecule has 8 rings (SSSR count). The molecule has 47 heavy (non-hydrogen) atoms. The third-order valence-corrected chi connectivity index (χ3v) is 8.56. The van der Waals surface area contributed by atoms with Crippen LogP contribution < -0.4 is 9.30 Å². The van der Waals surface area contributed by atoms with Crippen molar-refractivity contribution in [1.82, 2.24) is 14.1 Å². The number of benzene rings is 5. The van der Waals surface area contributed by atoms with Crippen LogP contribution in [0.15, 0.2) is 134 Å². The molecule has 0 aliphatic carbocycles. The molecule has 3 aromatic heterocycles. The van der Waals surface area contributed by atoms with E-state index in [2.05, 4.69) is 109 Å². The lowest BCUT2D eigenvalue weighted by molar-refractivity contribution is -0.572. The highest BCUT2D eigenvalue weighted by molar-refractivity contribution is 6.09. The molecular weight excluding hydrogens is 578 g/mol. The van der Waals surface area contributed by atoms with E-state index in [1.807, 2.05) is 63.9 Å². The highest BCUT2D eigenvalue weighted by Gasteiger charge is 2.19. The molecule has 0 aliphatic rings. The van der Waals surface area contributed by atoms with Gasteiger partial charge in [0.2, 0.25) is 0 Å². The van der Waals surface area contributed by atoms with Gasteiger partial charge >= 0.3 is 0 Å². The van der Waals surface area contributed by atoms with Gasteiger partial charge in [0.1, 0.15) is 17.3 Å². The van der Waals surface area contributed by atoms with Crippen molar-refractivity contribution < 1.29 is 9.30 Å². The molecule has 0 amide bonds. The van der Waals surface area contributed by atoms with Gasteiger partial charge in [-0.1, -0.05) is 81.4 Å². The van der Waals surface area contributed by atoms with E-state index in [0.29, 0.717) is 17.2 Å². The number of para-hydroxylation sites is 4. The Bertz CT molecular complexity index is 2490. The van der Waals surface area contributed by atoms with Crippen molar-refractivity contribution in [3.05, 3.63) is 157 Å². The molecular formula is C41H31N5O. The zero-order valence-corrected chi connectivity index (χ0v) is 26.3. The van der Waals surface area contributed by atoms with Crippen LogP contribution in [0.25, 0.3) is 54.9 Å². The summed E-state index contributed by atoms with van der Waals surface area (Å²) in [6, 6.07) is 42.7. The van der Waals surface area contributed by atoms with Gasteiger partial charge in [0.25, 0.3) is 6.33 Å². The highest BCUT2D eigenvalue weighted by Crippen LogP contribution is 2.36. The molecule has 226 valence electrons. The van der Waals surface area contributed by atoms with E-state index in [1.165, 1.54) is 5.56 Å². The second-order valence-electron chi connectivity index (χ2n) is 12.7. The molecule has 0 saturated carbocycles. The minimum Gasteiger partial charge on any atom is -0.459 e. The first-order valence-corrected chi connectivity index (χ1v) is 15.6. The van der Waals surface area contributed by atoms with Gasteiger partial charge in [0.15, 0.2) is 5.69 Å². The molecule has 0 spiro atoms. The first kappa shape index (κ1) is 28.3. The molecule has 0 unspecified atom stereocenters. The van der Waals surface area contributed by atoms with Crippen molar-refractivity contribution in [2.45, 2.75) is 26.2 Å². The van der Waals surface area contributed by atoms with E-state index < -0.39 is 0 Å². The molecule has 0 radical (unpaired) electrons. The number of ether oxygens (including phenoxy) is 1. The second kappa shape index (κ2) is 11.0. The summed E-state index contributed by atoms with van der Waals surface area (Å²) >= 11 is 0. The Balaban J connectivity index is 1.25. The maximum atomic E-state index is 7.87. The van der Waals surface area contributed by atoms with Gasteiger partial charge in [0, 0.05) is 23.0 Å². The first-order valence-electron chi connectivity index (χ1n) is 15.6. The van der Waals surface area contributed by atoms with E-state index in [1.54, 1.807) is 6.07 Å². The number of hydrogen-bond donors (Lipinski definition) is 0. The van der Waals surface area contributed by atoms with Crippen LogP contribution in [-0.2, 0) is 5.41 Å². The fourth-order valence-corrected chi connectivity index (χ4v) is 6.25. The third-order valence-electron chi connectivity index (χ3n) is 8.56. The lowest BCUT2D eigenvalue weighted by Gasteiger charge is -2.20. The van der Waals surface area contributed by atoms with Crippen molar-refractivity contribution >= 4 is 38.5 Å². The predicted molar refractivity (Wildman–Crippen MR) is 187 cm³/mol. The van der Waals surface area contributed by atoms with Gasteiger partial charge in [-0.3, -0.25) is 13.7 Å². The number of hydrogen-bond acceptors (Lipinski definition) is 2. The maximum absolute atomic E-state index is 7.87. The van der Waals surface area contributed by atoms with Gasteiger partial charge in [0.05, 0.1) is 40.0 Å². The van der Waals surface area contributed by atoms with Crippen molar-refractivity contribution in [2.24, 2.45) is 0 Å². The molecule has 0 bridgehead atoms. The van der Waals surface area contributed by atoms with Crippen LogP contribution >= 0.6 is 0 Å². The van der Waals surface area contributed by atoms with Crippen LogP contribution in [0.1, 0.15) is 26.3 Å². The molecule has 0 atom stereocenters. The summed E-state index contributed by atoms with van der Waals surface area (Å²) in [7, 11) is 0. The fourth-order valence-electron chi connectivity index (χ4n) is 6.25. The zero-order chi connectivity index (χ0) is 32.1. The van der Waals surface area contributed by atoms with Crippen LogP contribution in [0.4, 0.5) is 5.69 Å². The van der Waals surface area contributed by atoms with E-state index in [9.17, 15) is 0 Å². The standard InChI is InChI=1S/C41H31N5O/c1-41(2,3)28-20-21-43-40(22-28)46-36-15-9-8-14-34(36)35-19-18-32(26-39(35)46)47-33-24-29(42-4)23-31(25-33)45-27-44(30-12-6-5-7-13-30)37-16-10-11-17-38(37)45/h5-26H,1-3H3. The normalized spacial score (nSPS) is 11.7. The number of nitrogens with zero attached hydrogens (tertiary/aromatic N) is 5. The summed E-state index contributed by atoms with van der Waals surface area (Å²) < 4.78 is 12.8. The lowest BCUT2D eigenvalue weighted by atomic mass is 9.88. The summed E-state index contributed by atoms with van der Waals surface area (Å²) in [5.41, 5.74) is 7.54. The van der Waals surface area contributed by atoms with Crippen LogP contribution in [0.5, 0.6) is 11.5 Å². The van der Waals surface area contributed by atoms with Crippen LogP contribution in [-0.4, -0.2) is 14.1 Å². The van der Waals surface area contributed by atoms with Gasteiger partial charge in [-0.15, -0.1) is 0 Å². The van der Waals surface area contributed by atoms with Crippen LogP contribution in [0.2, 0.25) is 0 Å². The van der Waals surface area contributed by atoms with E-state index in [4.69, 9.17) is 16.3 Å². The number of rotatable bonds is 5. The van der Waals surface area contributed by atoms with Gasteiger partial charge in [-0.05, 0) is 71.6 Å². The average molecular weight is 610 g/mol. The van der Waals surface area contributed by atoms with Crippen molar-refractivity contribution in [3.63, 3.8) is 0 Å². The molecule has 6 nitrogen and oxygen atoms in total. The SMILES string of the molecule is [C-]#[N+]c1cc(Oc2ccc3c4ccccc4n(-c4cc(C(C)(C)C)ccn4)c3c2)cc(-[n+]2[c-]n(-c3ccccc3)c3ccccc32)c1. The predicted octanol–water partition coefficient (Wildman–Crippen LogP) is 9.84. The number of fused-ring (bicyclic) bond motifs is 4. The van der Waals surface area contributed by atoms with Crippen molar-refractivity contribution in [3.8, 4) is 28.7 Å². The summed E-state index contributed by atoms with van der Waals surface area (Å²) in [4.78, 5) is 8.59. The molecule has 0 saturated heterocycles. The summed E-state index contributed by atoms with van der Waals surface area (Å²) in [6.45, 7) is 14.5. The quantitative estimate of drug-likeness (QED) is 0.144. The largest absolute Gasteiger partial charge is 0.459 e. The first-order chi connectivity index (χ1) is 22.9. The maximum Gasteiger partial charge on any atom is 0.269 e. The Morgan fingerprint density at radius 1 is 0.723 bits per heavy atom. The summed E-state index contributed by atoms with van der Waals surface area (Å²) in [5, 5.41) is 2.27. The Morgan fingerprint density at radius 2 is 1.47 bits per heavy atom. The zero-order valence-electron chi connectivity index (χ0n) is 26.3. The molecule has 3 heterocycles. The summed E-state index contributed by atoms with van der Waals surface area (Å²) in [6.07, 6.45) is 5.40. The Labute approximate surface area is 273 Å². The topological polar surface area (TPSA) is 40.2 Å². The Kier molecular flexibility index (Phi) is 6.63. The number of imidazole rings is 1. The summed E-state index contributed by atoms with van der Waals surface area (Å²) in [5.74, 6) is 2.10. The smallest absolute Gasteiger partial charge is 0.269 e. The number of pyridine rings is 1. The van der Waals surface area contributed by atoms with Gasteiger partial charge in [-0.2, -0.15) is 0 Å². The van der Waals surface area contributed by atoms with E-state index in [0.717, 1.165) is 50.0 Å². The minimum atomic E-state index is -0.0147. The van der Waals surface area contributed by atoms with Crippen LogP contribution in [0.3, 0.4) is 0 Å². The number of aromatic nitrogens is 4. The minimum absolute atomic E-state index is 0.0147. The Morgan fingerprint density at radius 3 is 2.28 bits per heavy atom. The average Bonchev–Trinajstić information content (AvgIpc) is 3.64. The van der Waals surface area contributed by atoms with E-state index in [-0.39, 0.29) is 5.41 Å². The highest BCUT2D eigenvalue weighted by atomic mass is 16.5. The molecule has 8 aromatic rings. The molecule has 0 fully saturated rings. The Hall–Kier alpha value is -6.19. The monoisotopic (exact) mass is 609 g/mol. The molecule has 5 aromatic carbocycles. The third kappa shape index (κ3) is 4.99. The fraction of sp³-hybridized carbons (Fsp3) is 0.0976. The lowest BCUT2D eigenvalue weighted by Crippen LogP contribution is -2.29. The van der Waals surface area contributed by atoms with Crippen molar-refractivity contribution in [2.75, 3.05) is 0 Å². The second-order valence-corrected chi connectivity index (χ2v) is 12.7. The van der Waals surface area contributed by atoms with Gasteiger partial charge in [-0.25, -0.2) is 9.83 Å². The van der Waals surface area contributed by atoms with Crippen molar-refractivity contribution in [1.29, 1.82) is 0 Å². The van der Waals surface area contributed by atoms with Gasteiger partial charge < -0.3 is 4.74 Å². The van der Waals surface area contributed by atoms with E-state index >= 15 is 0 Å². The molecule has 6 heteroatoms. The van der Waals surface area contributed by atoms with Crippen LogP contribution in [0, 0.1) is 12.9 Å².